The van der Waals surface area contributed by atoms with Crippen molar-refractivity contribution in [2.45, 2.75) is 95.8 Å². The molecule has 0 unspecified atom stereocenters. The molecule has 0 amide bonds. The minimum Gasteiger partial charge on any atom is -0.508 e. The second-order valence-electron chi connectivity index (χ2n) is 10.4. The molecule has 0 bridgehead atoms. The molecule has 1 aromatic rings. The van der Waals surface area contributed by atoms with Crippen LogP contribution in [0.3, 0.4) is 0 Å². The molecule has 0 radical (unpaired) electrons. The fourth-order valence-corrected chi connectivity index (χ4v) is 5.17. The number of hydrogen-bond donors (Lipinski definition) is 2. The maximum atomic E-state index is 12.4. The Morgan fingerprint density at radius 3 is 2.44 bits per heavy atom. The molecule has 1 heterocycles. The lowest BCUT2D eigenvalue weighted by atomic mass is 9.66. The first-order chi connectivity index (χ1) is 14.7. The van der Waals surface area contributed by atoms with Crippen LogP contribution in [0.4, 0.5) is 13.2 Å². The molecule has 4 nitrogen and oxygen atoms in total. The fraction of sp³-hybridized carbons (Fsp3) is 0.640. The van der Waals surface area contributed by atoms with Gasteiger partial charge >= 0.3 is 12.1 Å². The molecule has 32 heavy (non-hydrogen) atoms. The summed E-state index contributed by atoms with van der Waals surface area (Å²) in [7, 11) is 0. The van der Waals surface area contributed by atoms with E-state index in [4.69, 9.17) is 4.74 Å². The van der Waals surface area contributed by atoms with Crippen molar-refractivity contribution in [1.29, 1.82) is 0 Å². The van der Waals surface area contributed by atoms with E-state index < -0.39 is 24.2 Å². The number of ether oxygens (including phenoxy) is 1. The first-order valence-corrected chi connectivity index (χ1v) is 11.3. The summed E-state index contributed by atoms with van der Waals surface area (Å²) < 4.78 is 43.4. The SMILES string of the molecule is CC(C)(CCCCCC(F)(F)F)c1cc(O)c2c(c1)OC(C)(C)[C@@H]1CC=C(C(=O)O)C[C@@H]21. The molecule has 3 rings (SSSR count). The van der Waals surface area contributed by atoms with E-state index in [0.717, 1.165) is 5.56 Å². The summed E-state index contributed by atoms with van der Waals surface area (Å²) in [6.45, 7) is 8.01. The maximum Gasteiger partial charge on any atom is 0.389 e. The Hall–Kier alpha value is -2.18. The Balaban J connectivity index is 1.82. The normalized spacial score (nSPS) is 22.4. The third-order valence-electron chi connectivity index (χ3n) is 7.12. The monoisotopic (exact) mass is 454 g/mol. The molecule has 2 aliphatic rings. The van der Waals surface area contributed by atoms with Crippen LogP contribution in [0.5, 0.6) is 11.5 Å². The van der Waals surface area contributed by atoms with Gasteiger partial charge in [0.1, 0.15) is 17.1 Å². The lowest BCUT2D eigenvalue weighted by molar-refractivity contribution is -0.136. The van der Waals surface area contributed by atoms with Gasteiger partial charge in [0.15, 0.2) is 0 Å². The van der Waals surface area contributed by atoms with Crippen molar-refractivity contribution >= 4 is 5.97 Å². The predicted molar refractivity (Wildman–Crippen MR) is 116 cm³/mol. The van der Waals surface area contributed by atoms with Gasteiger partial charge in [-0.25, -0.2) is 4.79 Å². The molecule has 2 N–H and O–H groups in total. The van der Waals surface area contributed by atoms with E-state index in [-0.39, 0.29) is 29.4 Å². The van der Waals surface area contributed by atoms with Gasteiger partial charge in [-0.05, 0) is 62.6 Å². The second-order valence-corrected chi connectivity index (χ2v) is 10.4. The molecule has 1 aliphatic carbocycles. The van der Waals surface area contributed by atoms with Crippen molar-refractivity contribution in [2.75, 3.05) is 0 Å². The van der Waals surface area contributed by atoms with E-state index in [9.17, 15) is 28.2 Å². The van der Waals surface area contributed by atoms with Gasteiger partial charge in [-0.3, -0.25) is 0 Å². The van der Waals surface area contributed by atoms with Crippen LogP contribution < -0.4 is 4.74 Å². The number of carbonyl (C=O) groups is 1. The number of unbranched alkanes of at least 4 members (excludes halogenated alkanes) is 2. The summed E-state index contributed by atoms with van der Waals surface area (Å²) in [5.74, 6) is -0.360. The predicted octanol–water partition coefficient (Wildman–Crippen LogP) is 6.86. The van der Waals surface area contributed by atoms with E-state index in [0.29, 0.717) is 49.0 Å². The van der Waals surface area contributed by atoms with Gasteiger partial charge < -0.3 is 14.9 Å². The minimum absolute atomic E-state index is 0.0523. The highest BCUT2D eigenvalue weighted by molar-refractivity contribution is 5.87. The van der Waals surface area contributed by atoms with Crippen LogP contribution in [-0.4, -0.2) is 28.0 Å². The van der Waals surface area contributed by atoms with E-state index >= 15 is 0 Å². The molecule has 178 valence electrons. The van der Waals surface area contributed by atoms with Gasteiger partial charge in [0.05, 0.1) is 0 Å². The molecule has 0 spiro atoms. The zero-order valence-electron chi connectivity index (χ0n) is 19.2. The summed E-state index contributed by atoms with van der Waals surface area (Å²) in [5.41, 5.74) is 1.01. The highest BCUT2D eigenvalue weighted by Crippen LogP contribution is 2.55. The van der Waals surface area contributed by atoms with Crippen molar-refractivity contribution < 1.29 is 32.9 Å². The lowest BCUT2D eigenvalue weighted by Gasteiger charge is -2.47. The molecular weight excluding hydrogens is 421 g/mol. The second kappa shape index (κ2) is 8.64. The summed E-state index contributed by atoms with van der Waals surface area (Å²) in [4.78, 5) is 11.6. The number of rotatable bonds is 7. The van der Waals surface area contributed by atoms with Gasteiger partial charge in [0.25, 0.3) is 0 Å². The van der Waals surface area contributed by atoms with Crippen molar-refractivity contribution in [3.05, 3.63) is 34.9 Å². The van der Waals surface area contributed by atoms with Gasteiger partial charge in [0, 0.05) is 29.4 Å². The topological polar surface area (TPSA) is 66.8 Å². The highest BCUT2D eigenvalue weighted by Gasteiger charge is 2.47. The Kier molecular flexibility index (Phi) is 6.60. The molecule has 0 saturated heterocycles. The fourth-order valence-electron chi connectivity index (χ4n) is 5.17. The Bertz CT molecular complexity index is 899. The Labute approximate surface area is 187 Å². The highest BCUT2D eigenvalue weighted by atomic mass is 19.4. The molecular formula is C25H33F3O4. The zero-order chi connectivity index (χ0) is 23.9. The van der Waals surface area contributed by atoms with Crippen molar-refractivity contribution in [3.63, 3.8) is 0 Å². The van der Waals surface area contributed by atoms with Crippen LogP contribution in [-0.2, 0) is 10.2 Å². The van der Waals surface area contributed by atoms with E-state index in [2.05, 4.69) is 0 Å². The number of halogens is 3. The molecule has 0 aromatic heterocycles. The molecule has 1 aromatic carbocycles. The minimum atomic E-state index is -4.11. The summed E-state index contributed by atoms with van der Waals surface area (Å²) >= 11 is 0. The molecule has 1 aliphatic heterocycles. The third-order valence-corrected chi connectivity index (χ3v) is 7.12. The van der Waals surface area contributed by atoms with Crippen molar-refractivity contribution in [2.24, 2.45) is 5.92 Å². The van der Waals surface area contributed by atoms with E-state index in [1.165, 1.54) is 0 Å². The largest absolute Gasteiger partial charge is 0.508 e. The van der Waals surface area contributed by atoms with E-state index in [1.54, 1.807) is 12.1 Å². The van der Waals surface area contributed by atoms with Gasteiger partial charge in [-0.2, -0.15) is 13.2 Å². The quantitative estimate of drug-likeness (QED) is 0.442. The number of phenols is 1. The number of benzene rings is 1. The number of aromatic hydroxyl groups is 1. The van der Waals surface area contributed by atoms with Crippen LogP contribution in [0.1, 0.15) is 89.7 Å². The van der Waals surface area contributed by atoms with Crippen LogP contribution in [0.15, 0.2) is 23.8 Å². The lowest BCUT2D eigenvalue weighted by Crippen LogP contribution is -2.46. The number of alkyl halides is 3. The average molecular weight is 455 g/mol. The number of fused-ring (bicyclic) bond motifs is 3. The number of aliphatic carboxylic acids is 1. The summed E-state index contributed by atoms with van der Waals surface area (Å²) in [6, 6.07) is 3.63. The van der Waals surface area contributed by atoms with E-state index in [1.807, 2.05) is 33.8 Å². The summed E-state index contributed by atoms with van der Waals surface area (Å²) in [5, 5.41) is 20.4. The van der Waals surface area contributed by atoms with Gasteiger partial charge in [0.2, 0.25) is 0 Å². The molecule has 2 atom stereocenters. The Morgan fingerprint density at radius 1 is 1.16 bits per heavy atom. The Morgan fingerprint density at radius 2 is 1.81 bits per heavy atom. The molecule has 0 fully saturated rings. The molecule has 7 heteroatoms. The smallest absolute Gasteiger partial charge is 0.389 e. The number of carboxylic acid groups (broad SMARTS) is 1. The van der Waals surface area contributed by atoms with Crippen LogP contribution in [0.25, 0.3) is 0 Å². The number of allylic oxidation sites excluding steroid dienone is 1. The van der Waals surface area contributed by atoms with Crippen molar-refractivity contribution in [3.8, 4) is 11.5 Å². The number of carboxylic acids is 1. The summed E-state index contributed by atoms with van der Waals surface area (Å²) in [6.07, 6.45) is -0.241. The average Bonchev–Trinajstić information content (AvgIpc) is 2.65. The number of hydrogen-bond acceptors (Lipinski definition) is 3. The first-order valence-electron chi connectivity index (χ1n) is 11.3. The zero-order valence-corrected chi connectivity index (χ0v) is 19.2. The van der Waals surface area contributed by atoms with Gasteiger partial charge in [-0.15, -0.1) is 0 Å². The standard InChI is InChI=1S/C25H33F3O4/c1-23(2,10-6-5-7-11-25(26,27)28)16-13-19(29)21-17-12-15(22(30)31)8-9-18(17)24(3,4)32-20(21)14-16/h8,13-14,17-18,29H,5-7,9-12H2,1-4H3,(H,30,31)/t17-,18-/m1/s1. The molecule has 0 saturated carbocycles. The van der Waals surface area contributed by atoms with Crippen LogP contribution in [0, 0.1) is 5.92 Å². The van der Waals surface area contributed by atoms with Crippen LogP contribution >= 0.6 is 0 Å². The first kappa shape index (κ1) is 24.5. The van der Waals surface area contributed by atoms with Gasteiger partial charge in [-0.1, -0.05) is 32.8 Å². The maximum absolute atomic E-state index is 12.4. The third kappa shape index (κ3) is 5.24. The van der Waals surface area contributed by atoms with Crippen LogP contribution in [0.2, 0.25) is 0 Å². The van der Waals surface area contributed by atoms with Crippen molar-refractivity contribution in [1.82, 2.24) is 0 Å². The number of phenolic OH excluding ortho intramolecular Hbond substituents is 1.